The quantitative estimate of drug-likeness (QED) is 0.805. The van der Waals surface area contributed by atoms with Gasteiger partial charge in [0.1, 0.15) is 0 Å². The van der Waals surface area contributed by atoms with Gasteiger partial charge in [-0.05, 0) is 18.6 Å². The molecule has 3 heteroatoms. The van der Waals surface area contributed by atoms with E-state index in [1.165, 1.54) is 5.56 Å². The van der Waals surface area contributed by atoms with Crippen LogP contribution in [0.3, 0.4) is 0 Å². The van der Waals surface area contributed by atoms with Crippen LogP contribution in [0.2, 0.25) is 5.02 Å². The van der Waals surface area contributed by atoms with E-state index in [0.717, 1.165) is 11.1 Å². The Kier molecular flexibility index (Phi) is 3.41. The molecule has 1 aromatic heterocycles. The molecule has 0 aliphatic heterocycles. The van der Waals surface area contributed by atoms with E-state index in [0.29, 0.717) is 5.02 Å². The van der Waals surface area contributed by atoms with E-state index in [1.54, 1.807) is 18.5 Å². The lowest BCUT2D eigenvalue weighted by Gasteiger charge is -2.11. The predicted molar refractivity (Wildman–Crippen MR) is 67.9 cm³/mol. The van der Waals surface area contributed by atoms with Gasteiger partial charge < -0.3 is 0 Å². The van der Waals surface area contributed by atoms with Gasteiger partial charge in [-0.1, -0.05) is 41.4 Å². The van der Waals surface area contributed by atoms with Crippen molar-refractivity contribution in [2.24, 2.45) is 0 Å². The third kappa shape index (κ3) is 2.46. The molecule has 2 nitrogen and oxygen atoms in total. The average Bonchev–Trinajstić information content (AvgIpc) is 2.35. The van der Waals surface area contributed by atoms with Crippen LogP contribution in [0.25, 0.3) is 0 Å². The van der Waals surface area contributed by atoms with E-state index in [1.807, 2.05) is 31.2 Å². The number of benzene rings is 1. The van der Waals surface area contributed by atoms with Crippen molar-refractivity contribution < 1.29 is 0 Å². The molecule has 0 aliphatic rings. The first-order chi connectivity index (χ1) is 8.22. The second-order valence-electron chi connectivity index (χ2n) is 3.87. The molecular formula is C14H11ClN2. The first kappa shape index (κ1) is 11.6. The maximum Gasteiger partial charge on any atom is 0.0991 e. The maximum atomic E-state index is 9.29. The van der Waals surface area contributed by atoms with Gasteiger partial charge in [0.25, 0.3) is 0 Å². The highest BCUT2D eigenvalue weighted by atomic mass is 35.5. The molecule has 1 aromatic carbocycles. The normalized spacial score (nSPS) is 11.8. The van der Waals surface area contributed by atoms with Crippen LogP contribution in [0.1, 0.15) is 22.6 Å². The van der Waals surface area contributed by atoms with Crippen molar-refractivity contribution in [2.45, 2.75) is 12.8 Å². The van der Waals surface area contributed by atoms with Crippen molar-refractivity contribution in [3.05, 3.63) is 64.4 Å². The third-order valence-electron chi connectivity index (χ3n) is 2.65. The second kappa shape index (κ2) is 4.99. The van der Waals surface area contributed by atoms with Gasteiger partial charge >= 0.3 is 0 Å². The molecule has 0 radical (unpaired) electrons. The Labute approximate surface area is 105 Å². The lowest BCUT2D eigenvalue weighted by molar-refractivity contribution is 1.02. The highest BCUT2D eigenvalue weighted by molar-refractivity contribution is 6.31. The molecule has 17 heavy (non-hydrogen) atoms. The number of aromatic nitrogens is 1. The van der Waals surface area contributed by atoms with Crippen LogP contribution >= 0.6 is 11.6 Å². The summed E-state index contributed by atoms with van der Waals surface area (Å²) in [4.78, 5) is 4.02. The Morgan fingerprint density at radius 1 is 1.24 bits per heavy atom. The topological polar surface area (TPSA) is 36.7 Å². The molecule has 0 spiro atoms. The minimum absolute atomic E-state index is 0.364. The maximum absolute atomic E-state index is 9.29. The second-order valence-corrected chi connectivity index (χ2v) is 4.28. The van der Waals surface area contributed by atoms with Crippen molar-refractivity contribution in [2.75, 3.05) is 0 Å². The first-order valence-corrected chi connectivity index (χ1v) is 5.66. The van der Waals surface area contributed by atoms with Crippen LogP contribution in [-0.2, 0) is 0 Å². The van der Waals surface area contributed by atoms with E-state index in [2.05, 4.69) is 11.1 Å². The Hall–Kier alpha value is -1.85. The van der Waals surface area contributed by atoms with Crippen molar-refractivity contribution in [3.8, 4) is 6.07 Å². The van der Waals surface area contributed by atoms with Crippen molar-refractivity contribution in [1.82, 2.24) is 4.98 Å². The Morgan fingerprint density at radius 2 is 1.94 bits per heavy atom. The van der Waals surface area contributed by atoms with Crippen molar-refractivity contribution in [3.63, 3.8) is 0 Å². The number of pyridine rings is 1. The van der Waals surface area contributed by atoms with Gasteiger partial charge in [0.15, 0.2) is 0 Å². The van der Waals surface area contributed by atoms with Crippen LogP contribution in [0.5, 0.6) is 0 Å². The fraction of sp³-hybridized carbons (Fsp3) is 0.143. The molecule has 0 amide bonds. The van der Waals surface area contributed by atoms with Gasteiger partial charge in [0, 0.05) is 23.0 Å². The zero-order chi connectivity index (χ0) is 12.3. The summed E-state index contributed by atoms with van der Waals surface area (Å²) in [5.74, 6) is -0.364. The van der Waals surface area contributed by atoms with E-state index in [4.69, 9.17) is 11.6 Å². The molecule has 0 N–H and O–H groups in total. The molecule has 84 valence electrons. The number of rotatable bonds is 2. The molecule has 0 bridgehead atoms. The van der Waals surface area contributed by atoms with Crippen LogP contribution in [0, 0.1) is 18.3 Å². The molecule has 0 unspecified atom stereocenters. The fourth-order valence-electron chi connectivity index (χ4n) is 1.68. The summed E-state index contributed by atoms with van der Waals surface area (Å²) < 4.78 is 0. The van der Waals surface area contributed by atoms with Crippen molar-refractivity contribution >= 4 is 11.6 Å². The number of halogens is 1. The Morgan fingerprint density at radius 3 is 2.53 bits per heavy atom. The molecular weight excluding hydrogens is 232 g/mol. The predicted octanol–water partition coefficient (Wildman–Crippen LogP) is 3.70. The van der Waals surface area contributed by atoms with E-state index < -0.39 is 0 Å². The highest BCUT2D eigenvalue weighted by Gasteiger charge is 2.16. The summed E-state index contributed by atoms with van der Waals surface area (Å²) >= 11 is 6.09. The first-order valence-electron chi connectivity index (χ1n) is 5.28. The van der Waals surface area contributed by atoms with Gasteiger partial charge in [-0.2, -0.15) is 5.26 Å². The van der Waals surface area contributed by atoms with Crippen LogP contribution in [0.15, 0.2) is 42.7 Å². The highest BCUT2D eigenvalue weighted by Crippen LogP contribution is 2.28. The molecule has 0 saturated heterocycles. The smallest absolute Gasteiger partial charge is 0.0991 e. The van der Waals surface area contributed by atoms with Crippen LogP contribution in [0.4, 0.5) is 0 Å². The Balaban J connectivity index is 2.45. The molecule has 0 aliphatic carbocycles. The van der Waals surface area contributed by atoms with Crippen LogP contribution < -0.4 is 0 Å². The number of hydrogen-bond acceptors (Lipinski definition) is 2. The number of nitrogens with zero attached hydrogens (tertiary/aromatic N) is 2. The molecule has 1 atom stereocenters. The minimum atomic E-state index is -0.364. The number of hydrogen-bond donors (Lipinski definition) is 0. The zero-order valence-corrected chi connectivity index (χ0v) is 10.1. The summed E-state index contributed by atoms with van der Waals surface area (Å²) in [6, 6.07) is 11.9. The number of nitriles is 1. The van der Waals surface area contributed by atoms with Crippen LogP contribution in [-0.4, -0.2) is 4.98 Å². The molecule has 0 fully saturated rings. The SMILES string of the molecule is Cc1ccc([C@H](C#N)c2cnccc2Cl)cc1. The average molecular weight is 243 g/mol. The van der Waals surface area contributed by atoms with Gasteiger partial charge in [0.2, 0.25) is 0 Å². The van der Waals surface area contributed by atoms with E-state index in [-0.39, 0.29) is 5.92 Å². The molecule has 2 rings (SSSR count). The van der Waals surface area contributed by atoms with Gasteiger partial charge in [0.05, 0.1) is 12.0 Å². The summed E-state index contributed by atoms with van der Waals surface area (Å²) in [6.45, 7) is 2.02. The fourth-order valence-corrected chi connectivity index (χ4v) is 1.90. The summed E-state index contributed by atoms with van der Waals surface area (Å²) in [5.41, 5.74) is 2.86. The standard InChI is InChI=1S/C14H11ClN2/c1-10-2-4-11(5-3-10)12(8-16)13-9-17-7-6-14(13)15/h2-7,9,12H,1H3/t12-/m0/s1. The third-order valence-corrected chi connectivity index (χ3v) is 2.99. The minimum Gasteiger partial charge on any atom is -0.264 e. The zero-order valence-electron chi connectivity index (χ0n) is 9.39. The molecule has 1 heterocycles. The lowest BCUT2D eigenvalue weighted by atomic mass is 9.93. The van der Waals surface area contributed by atoms with Gasteiger partial charge in [-0.15, -0.1) is 0 Å². The number of aryl methyl sites for hydroxylation is 1. The van der Waals surface area contributed by atoms with Gasteiger partial charge in [-0.3, -0.25) is 4.98 Å². The van der Waals surface area contributed by atoms with Gasteiger partial charge in [-0.25, -0.2) is 0 Å². The molecule has 0 saturated carbocycles. The summed E-state index contributed by atoms with van der Waals surface area (Å²) in [6.07, 6.45) is 3.27. The summed E-state index contributed by atoms with van der Waals surface area (Å²) in [5, 5.41) is 9.87. The monoisotopic (exact) mass is 242 g/mol. The molecule has 2 aromatic rings. The van der Waals surface area contributed by atoms with E-state index >= 15 is 0 Å². The largest absolute Gasteiger partial charge is 0.264 e. The Bertz CT molecular complexity index is 555. The lowest BCUT2D eigenvalue weighted by Crippen LogP contribution is -1.99. The van der Waals surface area contributed by atoms with E-state index in [9.17, 15) is 5.26 Å². The van der Waals surface area contributed by atoms with Crippen molar-refractivity contribution in [1.29, 1.82) is 5.26 Å². The summed E-state index contributed by atoms with van der Waals surface area (Å²) in [7, 11) is 0.